The second-order valence-electron chi connectivity index (χ2n) is 12.6. The first-order valence-electron chi connectivity index (χ1n) is 14.1. The lowest BCUT2D eigenvalue weighted by molar-refractivity contribution is 0.0337. The Morgan fingerprint density at radius 1 is 1.15 bits per heavy atom. The third kappa shape index (κ3) is 7.18. The first kappa shape index (κ1) is 27.0. The van der Waals surface area contributed by atoms with Gasteiger partial charge in [0.15, 0.2) is 0 Å². The summed E-state index contributed by atoms with van der Waals surface area (Å²) in [5.74, 6) is 3.03. The van der Waals surface area contributed by atoms with Gasteiger partial charge in [-0.15, -0.1) is 0 Å². The fraction of sp³-hybridized carbons (Fsp3) is 0.867. The fourth-order valence-corrected chi connectivity index (χ4v) is 7.38. The smallest absolute Gasteiger partial charge is 0.0612 e. The standard InChI is InChI=1S/C30H53NO2/c1-22-11-14-26(33-20-8-19-31)21-25(22)13-12-24-10-7-18-30(5)27(15-16-28(24)30)23(2)9-6-17-29(3,4)32/h12-13,22-23,26-28,32H,6-11,14-21,31H2,1-5H3/b24-12+,25-13-/t22?,23-,26+,27?,28?,30-/m1/s1. The summed E-state index contributed by atoms with van der Waals surface area (Å²) >= 11 is 0. The fourth-order valence-electron chi connectivity index (χ4n) is 7.38. The van der Waals surface area contributed by atoms with E-state index < -0.39 is 5.60 Å². The molecule has 0 heterocycles. The number of fused-ring (bicyclic) bond motifs is 1. The van der Waals surface area contributed by atoms with E-state index in [0.29, 0.717) is 17.4 Å². The molecule has 33 heavy (non-hydrogen) atoms. The summed E-state index contributed by atoms with van der Waals surface area (Å²) < 4.78 is 6.12. The quantitative estimate of drug-likeness (QED) is 0.340. The van der Waals surface area contributed by atoms with Crippen LogP contribution in [-0.4, -0.2) is 30.0 Å². The molecule has 0 aromatic rings. The van der Waals surface area contributed by atoms with Crippen molar-refractivity contribution in [3.8, 4) is 0 Å². The van der Waals surface area contributed by atoms with Crippen molar-refractivity contribution in [1.82, 2.24) is 0 Å². The molecular weight excluding hydrogens is 406 g/mol. The summed E-state index contributed by atoms with van der Waals surface area (Å²) in [5, 5.41) is 10.1. The predicted octanol–water partition coefficient (Wildman–Crippen LogP) is 7.19. The van der Waals surface area contributed by atoms with Crippen LogP contribution in [0.15, 0.2) is 23.3 Å². The zero-order valence-electron chi connectivity index (χ0n) is 22.4. The van der Waals surface area contributed by atoms with Crippen LogP contribution in [-0.2, 0) is 4.74 Å². The highest BCUT2D eigenvalue weighted by Gasteiger charge is 2.50. The molecule has 0 saturated heterocycles. The van der Waals surface area contributed by atoms with E-state index in [1.54, 1.807) is 11.1 Å². The summed E-state index contributed by atoms with van der Waals surface area (Å²) in [7, 11) is 0. The third-order valence-corrected chi connectivity index (χ3v) is 9.40. The number of rotatable bonds is 10. The third-order valence-electron chi connectivity index (χ3n) is 9.40. The van der Waals surface area contributed by atoms with Crippen molar-refractivity contribution in [2.24, 2.45) is 34.8 Å². The number of nitrogens with two attached hydrogens (primary N) is 1. The van der Waals surface area contributed by atoms with Crippen LogP contribution >= 0.6 is 0 Å². The number of hydrogen-bond donors (Lipinski definition) is 2. The van der Waals surface area contributed by atoms with E-state index in [4.69, 9.17) is 10.5 Å². The van der Waals surface area contributed by atoms with Gasteiger partial charge in [0, 0.05) is 6.61 Å². The predicted molar refractivity (Wildman–Crippen MR) is 140 cm³/mol. The molecule has 0 spiro atoms. The average Bonchev–Trinajstić information content (AvgIpc) is 3.10. The molecule has 0 aliphatic heterocycles. The van der Waals surface area contributed by atoms with Gasteiger partial charge < -0.3 is 15.6 Å². The highest BCUT2D eigenvalue weighted by atomic mass is 16.5. The Morgan fingerprint density at radius 3 is 2.64 bits per heavy atom. The zero-order chi connectivity index (χ0) is 24.1. The number of ether oxygens (including phenoxy) is 1. The highest BCUT2D eigenvalue weighted by Crippen LogP contribution is 2.60. The van der Waals surface area contributed by atoms with Crippen LogP contribution in [0.25, 0.3) is 0 Å². The molecule has 0 aromatic carbocycles. The summed E-state index contributed by atoms with van der Waals surface area (Å²) in [6.45, 7) is 12.9. The molecule has 6 atom stereocenters. The molecule has 3 saturated carbocycles. The van der Waals surface area contributed by atoms with Gasteiger partial charge in [0.1, 0.15) is 0 Å². The van der Waals surface area contributed by atoms with E-state index in [1.807, 2.05) is 13.8 Å². The zero-order valence-corrected chi connectivity index (χ0v) is 22.4. The van der Waals surface area contributed by atoms with E-state index >= 15 is 0 Å². The Bertz CT molecular complexity index is 675. The second-order valence-corrected chi connectivity index (χ2v) is 12.6. The van der Waals surface area contributed by atoms with Crippen LogP contribution in [0.4, 0.5) is 0 Å². The largest absolute Gasteiger partial charge is 0.390 e. The Kier molecular flexibility index (Phi) is 9.69. The maximum atomic E-state index is 10.1. The SMILES string of the molecule is CC1CC[C@H](OCCCN)C/C1=C/C=C1\CCC[C@@]2(C)C1CCC2[C@H](C)CCCC(C)(C)O. The molecule has 3 N–H and O–H groups in total. The molecule has 3 aliphatic rings. The molecule has 0 amide bonds. The van der Waals surface area contributed by atoms with Crippen molar-refractivity contribution in [1.29, 1.82) is 0 Å². The second kappa shape index (κ2) is 11.9. The minimum Gasteiger partial charge on any atom is -0.390 e. The molecule has 3 nitrogen and oxygen atoms in total. The van der Waals surface area contributed by atoms with Crippen LogP contribution in [0.2, 0.25) is 0 Å². The van der Waals surface area contributed by atoms with Crippen LogP contribution in [0.5, 0.6) is 0 Å². The van der Waals surface area contributed by atoms with Gasteiger partial charge >= 0.3 is 0 Å². The van der Waals surface area contributed by atoms with Gasteiger partial charge in [-0.2, -0.15) is 0 Å². The topological polar surface area (TPSA) is 55.5 Å². The lowest BCUT2D eigenvalue weighted by Gasteiger charge is -2.44. The summed E-state index contributed by atoms with van der Waals surface area (Å²) in [4.78, 5) is 0. The molecule has 3 heteroatoms. The molecular formula is C30H53NO2. The van der Waals surface area contributed by atoms with Gasteiger partial charge in [-0.05, 0) is 114 Å². The molecule has 3 aliphatic carbocycles. The van der Waals surface area contributed by atoms with Gasteiger partial charge in [-0.1, -0.05) is 56.9 Å². The molecule has 3 fully saturated rings. The van der Waals surface area contributed by atoms with Gasteiger partial charge in [-0.25, -0.2) is 0 Å². The van der Waals surface area contributed by atoms with Crippen molar-refractivity contribution in [2.75, 3.05) is 13.2 Å². The minimum absolute atomic E-state index is 0.384. The first-order chi connectivity index (χ1) is 15.6. The average molecular weight is 460 g/mol. The number of hydrogen-bond acceptors (Lipinski definition) is 3. The van der Waals surface area contributed by atoms with Crippen LogP contribution < -0.4 is 5.73 Å². The monoisotopic (exact) mass is 459 g/mol. The molecule has 3 unspecified atom stereocenters. The van der Waals surface area contributed by atoms with Gasteiger partial charge in [0.2, 0.25) is 0 Å². The normalized spacial score (nSPS) is 36.3. The van der Waals surface area contributed by atoms with E-state index in [-0.39, 0.29) is 0 Å². The molecule has 190 valence electrons. The van der Waals surface area contributed by atoms with Crippen molar-refractivity contribution in [3.63, 3.8) is 0 Å². The van der Waals surface area contributed by atoms with E-state index in [2.05, 4.69) is 32.9 Å². The molecule has 0 aromatic heterocycles. The van der Waals surface area contributed by atoms with E-state index in [9.17, 15) is 5.11 Å². The Hall–Kier alpha value is -0.640. The van der Waals surface area contributed by atoms with Crippen molar-refractivity contribution in [3.05, 3.63) is 23.3 Å². The Balaban J connectivity index is 1.64. The first-order valence-corrected chi connectivity index (χ1v) is 14.1. The Labute approximate surface area is 204 Å². The van der Waals surface area contributed by atoms with E-state index in [0.717, 1.165) is 56.6 Å². The van der Waals surface area contributed by atoms with Crippen LogP contribution in [0.1, 0.15) is 112 Å². The molecule has 3 rings (SSSR count). The maximum Gasteiger partial charge on any atom is 0.0612 e. The summed E-state index contributed by atoms with van der Waals surface area (Å²) in [6.07, 6.45) is 20.0. The number of aliphatic hydroxyl groups is 1. The molecule has 0 radical (unpaired) electrons. The van der Waals surface area contributed by atoms with Gasteiger partial charge in [0.05, 0.1) is 11.7 Å². The highest BCUT2D eigenvalue weighted by molar-refractivity contribution is 5.26. The molecule has 0 bridgehead atoms. The lowest BCUT2D eigenvalue weighted by Crippen LogP contribution is -2.36. The van der Waals surface area contributed by atoms with Gasteiger partial charge in [0.25, 0.3) is 0 Å². The van der Waals surface area contributed by atoms with Crippen LogP contribution in [0.3, 0.4) is 0 Å². The van der Waals surface area contributed by atoms with Crippen LogP contribution in [0, 0.1) is 29.1 Å². The number of allylic oxidation sites excluding steroid dienone is 3. The summed E-state index contributed by atoms with van der Waals surface area (Å²) in [6, 6.07) is 0. The van der Waals surface area contributed by atoms with E-state index in [1.165, 1.54) is 51.4 Å². The van der Waals surface area contributed by atoms with Crippen molar-refractivity contribution in [2.45, 2.75) is 123 Å². The Morgan fingerprint density at radius 2 is 1.91 bits per heavy atom. The van der Waals surface area contributed by atoms with Crippen molar-refractivity contribution >= 4 is 0 Å². The lowest BCUT2D eigenvalue weighted by atomic mass is 9.60. The van der Waals surface area contributed by atoms with Gasteiger partial charge in [-0.3, -0.25) is 0 Å². The maximum absolute atomic E-state index is 10.1. The minimum atomic E-state index is -0.527. The van der Waals surface area contributed by atoms with Crippen molar-refractivity contribution < 1.29 is 9.84 Å². The summed E-state index contributed by atoms with van der Waals surface area (Å²) in [5.41, 5.74) is 8.89.